The van der Waals surface area contributed by atoms with Crippen molar-refractivity contribution in [2.75, 3.05) is 7.11 Å². The second-order valence-electron chi connectivity index (χ2n) is 3.62. The van der Waals surface area contributed by atoms with Crippen molar-refractivity contribution >= 4 is 28.8 Å². The van der Waals surface area contributed by atoms with E-state index in [1.165, 1.54) is 26.3 Å². The Kier molecular flexibility index (Phi) is 5.11. The van der Waals surface area contributed by atoms with E-state index in [-0.39, 0.29) is 27.6 Å². The number of methoxy groups -OCH3 is 1. The van der Waals surface area contributed by atoms with Gasteiger partial charge in [0.2, 0.25) is 0 Å². The first-order valence-electron chi connectivity index (χ1n) is 5.34. The zero-order valence-corrected chi connectivity index (χ0v) is 11.8. The Bertz CT molecular complexity index is 648. The summed E-state index contributed by atoms with van der Waals surface area (Å²) in [5, 5.41) is 27.0. The molecular formula is C12H11N3O4S. The molecule has 104 valence electrons. The fraction of sp³-hybridized carbons (Fsp3) is 0.250. The van der Waals surface area contributed by atoms with Crippen molar-refractivity contribution < 1.29 is 19.4 Å². The van der Waals surface area contributed by atoms with Crippen molar-refractivity contribution in [2.45, 2.75) is 13.8 Å². The number of aliphatic hydroxyl groups excluding tert-OH is 1. The third kappa shape index (κ3) is 3.27. The van der Waals surface area contributed by atoms with Gasteiger partial charge in [-0.25, -0.2) is 4.79 Å². The fourth-order valence-electron chi connectivity index (χ4n) is 1.27. The molecule has 0 atom stereocenters. The van der Waals surface area contributed by atoms with Crippen LogP contribution in [0.15, 0.2) is 27.1 Å². The number of Topliss-reactive ketones (excluding diaryl/α,β-unsaturated/α-hetero) is 1. The zero-order valence-electron chi connectivity index (χ0n) is 11.0. The molecule has 0 aromatic carbocycles. The number of allylic oxidation sites excluding steroid dienone is 2. The van der Waals surface area contributed by atoms with Crippen LogP contribution in [0.3, 0.4) is 0 Å². The van der Waals surface area contributed by atoms with Gasteiger partial charge in [0.1, 0.15) is 22.4 Å². The van der Waals surface area contributed by atoms with Crippen LogP contribution in [0.1, 0.15) is 29.1 Å². The van der Waals surface area contributed by atoms with Crippen molar-refractivity contribution in [3.05, 3.63) is 27.3 Å². The number of hydrogen-bond donors (Lipinski definition) is 1. The molecule has 0 amide bonds. The lowest BCUT2D eigenvalue weighted by molar-refractivity contribution is -0.113. The number of hydrogen-bond acceptors (Lipinski definition) is 8. The van der Waals surface area contributed by atoms with Crippen LogP contribution in [0.5, 0.6) is 0 Å². The highest BCUT2D eigenvalue weighted by molar-refractivity contribution is 7.12. The Morgan fingerprint density at radius 2 is 2.10 bits per heavy atom. The smallest absolute Gasteiger partial charge is 0.350 e. The Hall–Kier alpha value is -2.53. The van der Waals surface area contributed by atoms with Crippen LogP contribution in [0, 0.1) is 11.3 Å². The lowest BCUT2D eigenvalue weighted by Crippen LogP contribution is -1.99. The monoisotopic (exact) mass is 293 g/mol. The minimum absolute atomic E-state index is 0.0179. The molecule has 1 rings (SSSR count). The second kappa shape index (κ2) is 6.58. The number of nitriles is 1. The molecule has 1 aromatic rings. The van der Waals surface area contributed by atoms with Crippen LogP contribution in [-0.2, 0) is 9.53 Å². The lowest BCUT2D eigenvalue weighted by Gasteiger charge is -1.98. The predicted octanol–water partition coefficient (Wildman–Crippen LogP) is 2.87. The molecule has 1 aromatic heterocycles. The highest BCUT2D eigenvalue weighted by Crippen LogP contribution is 2.32. The Morgan fingerprint density at radius 1 is 1.45 bits per heavy atom. The topological polar surface area (TPSA) is 112 Å². The Morgan fingerprint density at radius 3 is 2.55 bits per heavy atom. The summed E-state index contributed by atoms with van der Waals surface area (Å²) in [6.07, 6.45) is 0. The van der Waals surface area contributed by atoms with E-state index >= 15 is 0 Å². The van der Waals surface area contributed by atoms with E-state index in [0.717, 1.165) is 11.3 Å². The number of ether oxygens (including phenoxy) is 1. The van der Waals surface area contributed by atoms with Gasteiger partial charge in [-0.2, -0.15) is 5.26 Å². The molecule has 1 heterocycles. The second-order valence-corrected chi connectivity index (χ2v) is 4.50. The zero-order chi connectivity index (χ0) is 15.3. The molecule has 8 heteroatoms. The molecule has 0 saturated heterocycles. The predicted molar refractivity (Wildman–Crippen MR) is 70.9 cm³/mol. The molecular weight excluding hydrogens is 282 g/mol. The maximum absolute atomic E-state index is 11.5. The molecule has 0 unspecified atom stereocenters. The van der Waals surface area contributed by atoms with Gasteiger partial charge < -0.3 is 9.84 Å². The van der Waals surface area contributed by atoms with E-state index in [0.29, 0.717) is 0 Å². The summed E-state index contributed by atoms with van der Waals surface area (Å²) >= 11 is 0.988. The van der Waals surface area contributed by atoms with Gasteiger partial charge >= 0.3 is 5.97 Å². The van der Waals surface area contributed by atoms with Gasteiger partial charge in [0.15, 0.2) is 11.5 Å². The van der Waals surface area contributed by atoms with Gasteiger partial charge in [0, 0.05) is 12.3 Å². The number of carbonyl (C=O) groups is 2. The summed E-state index contributed by atoms with van der Waals surface area (Å²) in [6, 6.07) is 1.86. The van der Waals surface area contributed by atoms with Crippen molar-refractivity contribution in [1.29, 1.82) is 5.26 Å². The van der Waals surface area contributed by atoms with Crippen molar-refractivity contribution in [3.63, 3.8) is 0 Å². The number of carbonyl (C=O) groups excluding carboxylic acids is 2. The van der Waals surface area contributed by atoms with Gasteiger partial charge in [0.05, 0.1) is 12.7 Å². The van der Waals surface area contributed by atoms with Gasteiger partial charge in [-0.05, 0) is 6.92 Å². The maximum atomic E-state index is 11.5. The fourth-order valence-corrected chi connectivity index (χ4v) is 2.11. The summed E-state index contributed by atoms with van der Waals surface area (Å²) in [6.45, 7) is 2.50. The highest BCUT2D eigenvalue weighted by Gasteiger charge is 2.19. The van der Waals surface area contributed by atoms with Crippen LogP contribution in [0.2, 0.25) is 0 Å². The molecule has 1 N–H and O–H groups in total. The number of azo groups is 1. The third-order valence-corrected chi connectivity index (χ3v) is 3.13. The molecule has 0 bridgehead atoms. The quantitative estimate of drug-likeness (QED) is 0.397. The minimum Gasteiger partial charge on any atom is -0.510 e. The molecule has 0 saturated carbocycles. The average molecular weight is 293 g/mol. The van der Waals surface area contributed by atoms with E-state index in [4.69, 9.17) is 5.26 Å². The van der Waals surface area contributed by atoms with E-state index in [9.17, 15) is 14.7 Å². The van der Waals surface area contributed by atoms with Gasteiger partial charge in [-0.3, -0.25) is 4.79 Å². The summed E-state index contributed by atoms with van der Waals surface area (Å²) < 4.78 is 4.57. The Labute approximate surface area is 118 Å². The SMILES string of the molecule is COC(=O)c1scc(C#N)c1N=N/C(C(C)=O)=C(\C)O. The Balaban J connectivity index is 3.31. The first-order valence-corrected chi connectivity index (χ1v) is 6.22. The first kappa shape index (κ1) is 15.5. The number of ketones is 1. The minimum atomic E-state index is -0.653. The molecule has 0 aliphatic rings. The third-order valence-electron chi connectivity index (χ3n) is 2.18. The van der Waals surface area contributed by atoms with Gasteiger partial charge in [-0.15, -0.1) is 21.6 Å². The van der Waals surface area contributed by atoms with Crippen LogP contribution in [-0.4, -0.2) is 24.0 Å². The van der Waals surface area contributed by atoms with E-state index in [2.05, 4.69) is 15.0 Å². The number of esters is 1. The maximum Gasteiger partial charge on any atom is 0.350 e. The lowest BCUT2D eigenvalue weighted by atomic mass is 10.2. The normalized spacial score (nSPS) is 11.9. The molecule has 7 nitrogen and oxygen atoms in total. The summed E-state index contributed by atoms with van der Waals surface area (Å²) in [7, 11) is 1.20. The van der Waals surface area contributed by atoms with Crippen LogP contribution in [0.25, 0.3) is 0 Å². The van der Waals surface area contributed by atoms with E-state index < -0.39 is 11.8 Å². The van der Waals surface area contributed by atoms with Crippen LogP contribution >= 0.6 is 11.3 Å². The molecule has 20 heavy (non-hydrogen) atoms. The van der Waals surface area contributed by atoms with Crippen LogP contribution in [0.4, 0.5) is 5.69 Å². The summed E-state index contributed by atoms with van der Waals surface area (Å²) in [5.41, 5.74) is -0.0853. The summed E-state index contributed by atoms with van der Waals surface area (Å²) in [5.74, 6) is -1.43. The van der Waals surface area contributed by atoms with Gasteiger partial charge in [-0.1, -0.05) is 0 Å². The standard InChI is InChI=1S/C12H11N3O4S/c1-6(16)9(7(2)17)14-15-10-8(4-13)5-20-11(10)12(18)19-3/h5,16H,1-3H3/b9-6+,15-14?. The number of aliphatic hydroxyl groups is 1. The molecule has 0 aliphatic carbocycles. The van der Waals surface area contributed by atoms with Crippen molar-refractivity contribution in [1.82, 2.24) is 0 Å². The van der Waals surface area contributed by atoms with Crippen LogP contribution < -0.4 is 0 Å². The molecule has 0 spiro atoms. The largest absolute Gasteiger partial charge is 0.510 e. The molecule has 0 radical (unpaired) electrons. The number of thiophene rings is 1. The summed E-state index contributed by atoms with van der Waals surface area (Å²) in [4.78, 5) is 22.9. The molecule has 0 fully saturated rings. The van der Waals surface area contributed by atoms with E-state index in [1.807, 2.05) is 6.07 Å². The van der Waals surface area contributed by atoms with E-state index in [1.54, 1.807) is 0 Å². The molecule has 0 aliphatic heterocycles. The highest BCUT2D eigenvalue weighted by atomic mass is 32.1. The average Bonchev–Trinajstić information content (AvgIpc) is 2.80. The number of rotatable bonds is 4. The van der Waals surface area contributed by atoms with Crippen molar-refractivity contribution in [2.24, 2.45) is 10.2 Å². The van der Waals surface area contributed by atoms with Crippen molar-refractivity contribution in [3.8, 4) is 6.07 Å². The first-order chi connectivity index (χ1) is 9.42. The number of nitrogens with zero attached hydrogens (tertiary/aromatic N) is 3. The van der Waals surface area contributed by atoms with Gasteiger partial charge in [0.25, 0.3) is 0 Å².